The highest BCUT2D eigenvalue weighted by atomic mass is 16.5. The van der Waals surface area contributed by atoms with Crippen LogP contribution in [-0.4, -0.2) is 59.8 Å². The summed E-state index contributed by atoms with van der Waals surface area (Å²) in [6.45, 7) is 9.19. The Morgan fingerprint density at radius 1 is 1.43 bits per heavy atom. The molecule has 1 aromatic heterocycles. The van der Waals surface area contributed by atoms with Crippen LogP contribution in [0.25, 0.3) is 0 Å². The van der Waals surface area contributed by atoms with Crippen LogP contribution < -0.4 is 5.32 Å². The average molecular weight is 295 g/mol. The molecule has 120 valence electrons. The van der Waals surface area contributed by atoms with Gasteiger partial charge in [0.05, 0.1) is 18.8 Å². The van der Waals surface area contributed by atoms with Crippen LogP contribution in [0.2, 0.25) is 0 Å². The summed E-state index contributed by atoms with van der Waals surface area (Å²) in [6.07, 6.45) is 5.77. The molecule has 0 aliphatic carbocycles. The standard InChI is InChI=1S/C15H29N5O/c1-3-6-16-10-15-12-20(18-17-15)9-8-19-7-4-5-14(11-19)13-21-2/h12,14,16H,3-11,13H2,1-2H3. The van der Waals surface area contributed by atoms with Crippen LogP contribution in [-0.2, 0) is 17.8 Å². The lowest BCUT2D eigenvalue weighted by atomic mass is 9.99. The normalized spacial score (nSPS) is 20.0. The highest BCUT2D eigenvalue weighted by Crippen LogP contribution is 2.16. The van der Waals surface area contributed by atoms with Gasteiger partial charge >= 0.3 is 0 Å². The van der Waals surface area contributed by atoms with Gasteiger partial charge in [0, 0.05) is 32.9 Å². The smallest absolute Gasteiger partial charge is 0.0964 e. The molecule has 0 amide bonds. The molecule has 1 saturated heterocycles. The zero-order chi connectivity index (χ0) is 14.9. The van der Waals surface area contributed by atoms with Crippen LogP contribution in [0.1, 0.15) is 31.9 Å². The summed E-state index contributed by atoms with van der Waals surface area (Å²) >= 11 is 0. The van der Waals surface area contributed by atoms with Crippen LogP contribution in [0, 0.1) is 5.92 Å². The Hall–Kier alpha value is -0.980. The Morgan fingerprint density at radius 2 is 2.33 bits per heavy atom. The molecule has 1 atom stereocenters. The van der Waals surface area contributed by atoms with Gasteiger partial charge in [0.15, 0.2) is 0 Å². The van der Waals surface area contributed by atoms with Crippen molar-refractivity contribution in [1.29, 1.82) is 0 Å². The number of hydrogen-bond acceptors (Lipinski definition) is 5. The van der Waals surface area contributed by atoms with E-state index in [0.29, 0.717) is 5.92 Å². The third-order valence-corrected chi connectivity index (χ3v) is 3.97. The van der Waals surface area contributed by atoms with Gasteiger partial charge in [-0.25, -0.2) is 0 Å². The molecule has 0 bridgehead atoms. The van der Waals surface area contributed by atoms with Crippen molar-refractivity contribution >= 4 is 0 Å². The molecule has 21 heavy (non-hydrogen) atoms. The first-order valence-corrected chi connectivity index (χ1v) is 8.12. The van der Waals surface area contributed by atoms with Crippen molar-refractivity contribution in [3.8, 4) is 0 Å². The minimum atomic E-state index is 0.688. The first-order valence-electron chi connectivity index (χ1n) is 8.12. The summed E-state index contributed by atoms with van der Waals surface area (Å²) in [5.41, 5.74) is 1.03. The second-order valence-electron chi connectivity index (χ2n) is 5.91. The van der Waals surface area contributed by atoms with Gasteiger partial charge in [-0.15, -0.1) is 5.10 Å². The summed E-state index contributed by atoms with van der Waals surface area (Å²) in [5.74, 6) is 0.688. The van der Waals surface area contributed by atoms with Gasteiger partial charge in [-0.1, -0.05) is 12.1 Å². The molecule has 1 aromatic rings. The van der Waals surface area contributed by atoms with E-state index < -0.39 is 0 Å². The van der Waals surface area contributed by atoms with Crippen molar-refractivity contribution in [3.05, 3.63) is 11.9 Å². The van der Waals surface area contributed by atoms with Crippen molar-refractivity contribution in [2.45, 2.75) is 39.3 Å². The Kier molecular flexibility index (Phi) is 7.12. The van der Waals surface area contributed by atoms with Crippen molar-refractivity contribution in [2.75, 3.05) is 39.9 Å². The summed E-state index contributed by atoms with van der Waals surface area (Å²) in [5, 5.41) is 11.8. The maximum Gasteiger partial charge on any atom is 0.0964 e. The Balaban J connectivity index is 1.70. The van der Waals surface area contributed by atoms with Gasteiger partial charge in [0.1, 0.15) is 0 Å². The van der Waals surface area contributed by atoms with E-state index in [1.54, 1.807) is 7.11 Å². The van der Waals surface area contributed by atoms with Gasteiger partial charge in [-0.05, 0) is 38.3 Å². The van der Waals surface area contributed by atoms with Crippen molar-refractivity contribution in [1.82, 2.24) is 25.2 Å². The highest BCUT2D eigenvalue weighted by Gasteiger charge is 2.19. The minimum Gasteiger partial charge on any atom is -0.384 e. The van der Waals surface area contributed by atoms with Crippen molar-refractivity contribution < 1.29 is 4.74 Å². The lowest BCUT2D eigenvalue weighted by Crippen LogP contribution is -2.38. The molecular formula is C15H29N5O. The van der Waals surface area contributed by atoms with E-state index >= 15 is 0 Å². The fourth-order valence-corrected chi connectivity index (χ4v) is 2.89. The number of ether oxygens (including phenoxy) is 1. The lowest BCUT2D eigenvalue weighted by Gasteiger charge is -2.32. The topological polar surface area (TPSA) is 55.2 Å². The third-order valence-electron chi connectivity index (χ3n) is 3.97. The molecule has 6 heteroatoms. The van der Waals surface area contributed by atoms with E-state index in [9.17, 15) is 0 Å². The number of nitrogens with zero attached hydrogens (tertiary/aromatic N) is 4. The fraction of sp³-hybridized carbons (Fsp3) is 0.867. The quantitative estimate of drug-likeness (QED) is 0.692. The van der Waals surface area contributed by atoms with E-state index in [-0.39, 0.29) is 0 Å². The average Bonchev–Trinajstić information content (AvgIpc) is 2.94. The van der Waals surface area contributed by atoms with Crippen molar-refractivity contribution in [3.63, 3.8) is 0 Å². The monoisotopic (exact) mass is 295 g/mol. The van der Waals surface area contributed by atoms with Gasteiger partial charge in [0.25, 0.3) is 0 Å². The van der Waals surface area contributed by atoms with Crippen LogP contribution >= 0.6 is 0 Å². The predicted molar refractivity (Wildman–Crippen MR) is 83.1 cm³/mol. The Bertz CT molecular complexity index is 393. The first kappa shape index (κ1) is 16.4. The van der Waals surface area contributed by atoms with Gasteiger partial charge < -0.3 is 15.0 Å². The maximum atomic E-state index is 5.28. The third kappa shape index (κ3) is 5.73. The molecule has 1 aliphatic heterocycles. The predicted octanol–water partition coefficient (Wildman–Crippen LogP) is 1.14. The van der Waals surface area contributed by atoms with Crippen molar-refractivity contribution in [2.24, 2.45) is 5.92 Å². The molecule has 0 saturated carbocycles. The zero-order valence-electron chi connectivity index (χ0n) is 13.4. The Labute approximate surface area is 127 Å². The van der Waals surface area contributed by atoms with E-state index in [4.69, 9.17) is 4.74 Å². The van der Waals surface area contributed by atoms with E-state index in [0.717, 1.165) is 51.4 Å². The van der Waals surface area contributed by atoms with Crippen LogP contribution in [0.4, 0.5) is 0 Å². The highest BCUT2D eigenvalue weighted by molar-refractivity contribution is 4.91. The Morgan fingerprint density at radius 3 is 3.14 bits per heavy atom. The molecule has 1 fully saturated rings. The summed E-state index contributed by atoms with van der Waals surface area (Å²) < 4.78 is 7.24. The molecular weight excluding hydrogens is 266 g/mol. The van der Waals surface area contributed by atoms with Crippen LogP contribution in [0.3, 0.4) is 0 Å². The first-order chi connectivity index (χ1) is 10.3. The lowest BCUT2D eigenvalue weighted by molar-refractivity contribution is 0.0884. The SMILES string of the molecule is CCCNCc1cn(CCN2CCCC(COC)C2)nn1. The summed E-state index contributed by atoms with van der Waals surface area (Å²) in [6, 6.07) is 0. The summed E-state index contributed by atoms with van der Waals surface area (Å²) in [7, 11) is 1.79. The maximum absolute atomic E-state index is 5.28. The molecule has 1 N–H and O–H groups in total. The molecule has 0 radical (unpaired) electrons. The van der Waals surface area contributed by atoms with E-state index in [1.165, 1.54) is 19.4 Å². The second-order valence-corrected chi connectivity index (χ2v) is 5.91. The number of aromatic nitrogens is 3. The molecule has 1 aliphatic rings. The molecule has 0 spiro atoms. The van der Waals surface area contributed by atoms with Gasteiger partial charge in [-0.2, -0.15) is 0 Å². The van der Waals surface area contributed by atoms with Gasteiger partial charge in [0.2, 0.25) is 0 Å². The van der Waals surface area contributed by atoms with E-state index in [1.807, 2.05) is 4.68 Å². The number of nitrogens with one attached hydrogen (secondary N) is 1. The number of hydrogen-bond donors (Lipinski definition) is 1. The van der Waals surface area contributed by atoms with Crippen LogP contribution in [0.5, 0.6) is 0 Å². The summed E-state index contributed by atoms with van der Waals surface area (Å²) in [4.78, 5) is 2.52. The minimum absolute atomic E-state index is 0.688. The number of methoxy groups -OCH3 is 1. The zero-order valence-corrected chi connectivity index (χ0v) is 13.4. The molecule has 0 aromatic carbocycles. The van der Waals surface area contributed by atoms with Gasteiger partial charge in [-0.3, -0.25) is 4.68 Å². The van der Waals surface area contributed by atoms with E-state index in [2.05, 4.69) is 33.6 Å². The number of rotatable bonds is 9. The fourth-order valence-electron chi connectivity index (χ4n) is 2.89. The number of piperidine rings is 1. The molecule has 2 heterocycles. The largest absolute Gasteiger partial charge is 0.384 e. The second kappa shape index (κ2) is 9.12. The molecule has 6 nitrogen and oxygen atoms in total. The molecule has 1 unspecified atom stereocenters. The number of likely N-dealkylation sites (tertiary alicyclic amines) is 1. The van der Waals surface area contributed by atoms with Crippen LogP contribution in [0.15, 0.2) is 6.20 Å². The molecule has 2 rings (SSSR count).